The van der Waals surface area contributed by atoms with E-state index in [4.69, 9.17) is 4.74 Å². The van der Waals surface area contributed by atoms with Gasteiger partial charge in [0, 0.05) is 24.1 Å². The Morgan fingerprint density at radius 1 is 1.58 bits per heavy atom. The van der Waals surface area contributed by atoms with Gasteiger partial charge in [-0.2, -0.15) is 11.8 Å². The van der Waals surface area contributed by atoms with Crippen molar-refractivity contribution in [2.24, 2.45) is 0 Å². The fraction of sp³-hybridized carbons (Fsp3) is 0.875. The molecule has 2 aliphatic rings. The van der Waals surface area contributed by atoms with Crippen molar-refractivity contribution in [3.8, 4) is 0 Å². The molecule has 0 N–H and O–H groups in total. The van der Waals surface area contributed by atoms with Crippen molar-refractivity contribution in [1.82, 2.24) is 4.90 Å². The largest absolute Gasteiger partial charge is 0.468 e. The second-order valence-electron chi connectivity index (χ2n) is 3.26. The van der Waals surface area contributed by atoms with Crippen molar-refractivity contribution in [3.05, 3.63) is 0 Å². The first-order chi connectivity index (χ1) is 5.83. The number of methoxy groups -OCH3 is 1. The molecule has 4 heteroatoms. The Morgan fingerprint density at radius 3 is 3.00 bits per heavy atom. The predicted octanol–water partition coefficient (Wildman–Crippen LogP) is 0.349. The minimum atomic E-state index is -0.0631. The first kappa shape index (κ1) is 8.38. The minimum Gasteiger partial charge on any atom is -0.468 e. The Kier molecular flexibility index (Phi) is 2.28. The molecule has 12 heavy (non-hydrogen) atoms. The topological polar surface area (TPSA) is 29.5 Å². The Bertz CT molecular complexity index is 197. The van der Waals surface area contributed by atoms with Crippen LogP contribution in [0.1, 0.15) is 6.42 Å². The van der Waals surface area contributed by atoms with Crippen LogP contribution in [0.4, 0.5) is 0 Å². The molecular formula is C8H13NO2S. The van der Waals surface area contributed by atoms with Gasteiger partial charge in [0.2, 0.25) is 0 Å². The van der Waals surface area contributed by atoms with Gasteiger partial charge < -0.3 is 4.74 Å². The van der Waals surface area contributed by atoms with Gasteiger partial charge in [0.15, 0.2) is 0 Å². The fourth-order valence-electron chi connectivity index (χ4n) is 1.80. The molecule has 0 amide bonds. The summed E-state index contributed by atoms with van der Waals surface area (Å²) in [6.45, 7) is 1.07. The molecule has 0 aromatic rings. The average molecular weight is 187 g/mol. The van der Waals surface area contributed by atoms with Crippen molar-refractivity contribution < 1.29 is 9.53 Å². The Morgan fingerprint density at radius 2 is 2.42 bits per heavy atom. The first-order valence-electron chi connectivity index (χ1n) is 4.24. The van der Waals surface area contributed by atoms with Crippen LogP contribution in [0.5, 0.6) is 0 Å². The van der Waals surface area contributed by atoms with Crippen LogP contribution in [-0.4, -0.2) is 48.1 Å². The van der Waals surface area contributed by atoms with Gasteiger partial charge >= 0.3 is 5.97 Å². The van der Waals surface area contributed by atoms with Crippen LogP contribution < -0.4 is 0 Å². The highest BCUT2D eigenvalue weighted by molar-refractivity contribution is 7.99. The van der Waals surface area contributed by atoms with Crippen molar-refractivity contribution >= 4 is 17.7 Å². The van der Waals surface area contributed by atoms with Crippen LogP contribution in [0.25, 0.3) is 0 Å². The molecule has 2 aliphatic heterocycles. The number of ether oxygens (including phenoxy) is 1. The second-order valence-corrected chi connectivity index (χ2v) is 4.33. The second kappa shape index (κ2) is 3.26. The van der Waals surface area contributed by atoms with E-state index in [0.29, 0.717) is 6.04 Å². The number of fused-ring (bicyclic) bond motifs is 1. The van der Waals surface area contributed by atoms with Gasteiger partial charge in [-0.25, -0.2) is 0 Å². The molecule has 2 unspecified atom stereocenters. The van der Waals surface area contributed by atoms with Crippen molar-refractivity contribution in [1.29, 1.82) is 0 Å². The van der Waals surface area contributed by atoms with E-state index >= 15 is 0 Å². The van der Waals surface area contributed by atoms with Crippen molar-refractivity contribution in [3.63, 3.8) is 0 Å². The van der Waals surface area contributed by atoms with E-state index < -0.39 is 0 Å². The summed E-state index contributed by atoms with van der Waals surface area (Å²) in [4.78, 5) is 13.5. The summed E-state index contributed by atoms with van der Waals surface area (Å²) in [6, 6.07) is 0.681. The molecule has 0 bridgehead atoms. The van der Waals surface area contributed by atoms with Gasteiger partial charge in [0.05, 0.1) is 7.11 Å². The SMILES string of the molecule is COC(=O)C1CSCC2CCN21. The van der Waals surface area contributed by atoms with Gasteiger partial charge in [-0.3, -0.25) is 9.69 Å². The number of nitrogens with zero attached hydrogens (tertiary/aromatic N) is 1. The number of rotatable bonds is 1. The minimum absolute atomic E-state index is 0.0347. The van der Waals surface area contributed by atoms with Gasteiger partial charge in [-0.15, -0.1) is 0 Å². The summed E-state index contributed by atoms with van der Waals surface area (Å²) in [6.07, 6.45) is 1.25. The molecule has 2 atom stereocenters. The molecule has 0 radical (unpaired) electrons. The van der Waals surface area contributed by atoms with Crippen LogP contribution in [0.2, 0.25) is 0 Å². The first-order valence-corrected chi connectivity index (χ1v) is 5.39. The zero-order chi connectivity index (χ0) is 8.55. The standard InChI is InChI=1S/C8H13NO2S/c1-11-8(10)7-5-12-4-6-2-3-9(6)7/h6-7H,2-5H2,1H3. The Labute approximate surface area is 76.4 Å². The molecule has 0 spiro atoms. The Balaban J connectivity index is 1.99. The van der Waals surface area contributed by atoms with Gasteiger partial charge in [-0.05, 0) is 6.42 Å². The summed E-state index contributed by atoms with van der Waals surface area (Å²) in [5.74, 6) is 2.03. The maximum absolute atomic E-state index is 11.3. The molecule has 0 aromatic carbocycles. The van der Waals surface area contributed by atoms with E-state index in [1.807, 2.05) is 11.8 Å². The lowest BCUT2D eigenvalue weighted by molar-refractivity contribution is -0.149. The van der Waals surface area contributed by atoms with Gasteiger partial charge in [0.1, 0.15) is 6.04 Å². The number of carbonyl (C=O) groups is 1. The van der Waals surface area contributed by atoms with Crippen LogP contribution in [0, 0.1) is 0 Å². The summed E-state index contributed by atoms with van der Waals surface area (Å²) in [7, 11) is 1.47. The molecule has 2 rings (SSSR count). The third-order valence-corrected chi connectivity index (χ3v) is 3.82. The third kappa shape index (κ3) is 1.23. The molecule has 0 aromatic heterocycles. The van der Waals surface area contributed by atoms with E-state index in [9.17, 15) is 4.79 Å². The highest BCUT2D eigenvalue weighted by atomic mass is 32.2. The quantitative estimate of drug-likeness (QED) is 0.554. The maximum Gasteiger partial charge on any atom is 0.323 e. The number of hydrogen-bond acceptors (Lipinski definition) is 4. The van der Waals surface area contributed by atoms with E-state index in [2.05, 4.69) is 4.90 Å². The monoisotopic (exact) mass is 187 g/mol. The van der Waals surface area contributed by atoms with Crippen LogP contribution in [-0.2, 0) is 9.53 Å². The zero-order valence-corrected chi connectivity index (χ0v) is 7.97. The number of hydrogen-bond donors (Lipinski definition) is 0. The van der Waals surface area contributed by atoms with E-state index in [0.717, 1.165) is 12.3 Å². The zero-order valence-electron chi connectivity index (χ0n) is 7.16. The smallest absolute Gasteiger partial charge is 0.323 e. The van der Waals surface area contributed by atoms with Gasteiger partial charge in [0.25, 0.3) is 0 Å². The summed E-state index contributed by atoms with van der Waals surface area (Å²) < 4.78 is 4.75. The fourth-order valence-corrected chi connectivity index (χ4v) is 3.12. The van der Waals surface area contributed by atoms with Crippen LogP contribution in [0.15, 0.2) is 0 Å². The summed E-state index contributed by atoms with van der Waals surface area (Å²) in [5.41, 5.74) is 0. The normalized spacial score (nSPS) is 35.1. The van der Waals surface area contributed by atoms with Crippen LogP contribution in [0.3, 0.4) is 0 Å². The lowest BCUT2D eigenvalue weighted by Crippen LogP contribution is -2.60. The summed E-state index contributed by atoms with van der Waals surface area (Å²) in [5, 5.41) is 0. The molecule has 3 nitrogen and oxygen atoms in total. The molecule has 0 saturated carbocycles. The number of carbonyl (C=O) groups excluding carboxylic acids is 1. The van der Waals surface area contributed by atoms with E-state index in [-0.39, 0.29) is 12.0 Å². The van der Waals surface area contributed by atoms with Crippen LogP contribution >= 0.6 is 11.8 Å². The highest BCUT2D eigenvalue weighted by Gasteiger charge is 2.41. The number of thioether (sulfide) groups is 1. The maximum atomic E-state index is 11.3. The van der Waals surface area contributed by atoms with Crippen molar-refractivity contribution in [2.45, 2.75) is 18.5 Å². The molecule has 0 aliphatic carbocycles. The third-order valence-electron chi connectivity index (χ3n) is 2.65. The lowest BCUT2D eigenvalue weighted by atomic mass is 10.0. The molecule has 68 valence electrons. The molecule has 2 heterocycles. The lowest BCUT2D eigenvalue weighted by Gasteiger charge is -2.47. The van der Waals surface area contributed by atoms with E-state index in [1.165, 1.54) is 19.3 Å². The predicted molar refractivity (Wildman–Crippen MR) is 48.2 cm³/mol. The van der Waals surface area contributed by atoms with E-state index in [1.54, 1.807) is 0 Å². The average Bonchev–Trinajstić information content (AvgIpc) is 2.05. The van der Waals surface area contributed by atoms with Crippen molar-refractivity contribution in [2.75, 3.05) is 25.2 Å². The number of esters is 1. The molecular weight excluding hydrogens is 174 g/mol. The summed E-state index contributed by atoms with van der Waals surface area (Å²) >= 11 is 1.87. The highest BCUT2D eigenvalue weighted by Crippen LogP contribution is 2.31. The van der Waals surface area contributed by atoms with Gasteiger partial charge in [-0.1, -0.05) is 0 Å². The molecule has 2 fully saturated rings. The Hall–Kier alpha value is -0.220. The molecule has 2 saturated heterocycles.